The van der Waals surface area contributed by atoms with Crippen LogP contribution in [0.2, 0.25) is 0 Å². The number of nitrogens with one attached hydrogen (secondary N) is 1. The third kappa shape index (κ3) is 5.80. The SMILES string of the molecule is C/C=C/COCc1cc(CNCC(C)C)sc1C. The lowest BCUT2D eigenvalue weighted by atomic mass is 10.2. The second-order valence-electron chi connectivity index (χ2n) is 4.90. The zero-order valence-electron chi connectivity index (χ0n) is 12.0. The van der Waals surface area contributed by atoms with Gasteiger partial charge in [0.2, 0.25) is 0 Å². The van der Waals surface area contributed by atoms with Gasteiger partial charge in [-0.15, -0.1) is 11.3 Å². The number of rotatable bonds is 8. The molecule has 0 aliphatic heterocycles. The van der Waals surface area contributed by atoms with Gasteiger partial charge in [0.25, 0.3) is 0 Å². The fourth-order valence-corrected chi connectivity index (χ4v) is 2.65. The second kappa shape index (κ2) is 8.46. The second-order valence-corrected chi connectivity index (χ2v) is 6.24. The molecule has 102 valence electrons. The van der Waals surface area contributed by atoms with E-state index in [0.717, 1.165) is 19.7 Å². The van der Waals surface area contributed by atoms with Crippen LogP contribution >= 0.6 is 11.3 Å². The summed E-state index contributed by atoms with van der Waals surface area (Å²) in [6.45, 7) is 12.1. The Hall–Kier alpha value is -0.640. The molecule has 0 aliphatic rings. The summed E-state index contributed by atoms with van der Waals surface area (Å²) in [4.78, 5) is 2.77. The average Bonchev–Trinajstić information content (AvgIpc) is 2.65. The van der Waals surface area contributed by atoms with Crippen molar-refractivity contribution in [3.63, 3.8) is 0 Å². The van der Waals surface area contributed by atoms with Gasteiger partial charge >= 0.3 is 0 Å². The highest BCUT2D eigenvalue weighted by atomic mass is 32.1. The van der Waals surface area contributed by atoms with E-state index in [2.05, 4.69) is 32.2 Å². The molecule has 0 radical (unpaired) electrons. The third-order valence-corrected chi connectivity index (χ3v) is 3.72. The largest absolute Gasteiger partial charge is 0.373 e. The minimum Gasteiger partial charge on any atom is -0.373 e. The molecule has 0 unspecified atom stereocenters. The van der Waals surface area contributed by atoms with Crippen molar-refractivity contribution in [1.82, 2.24) is 5.32 Å². The molecule has 1 N–H and O–H groups in total. The molecule has 0 bridgehead atoms. The Bertz CT molecular complexity index is 369. The average molecular weight is 267 g/mol. The molecule has 0 saturated heterocycles. The van der Waals surface area contributed by atoms with Crippen molar-refractivity contribution in [3.05, 3.63) is 33.5 Å². The first-order valence-electron chi connectivity index (χ1n) is 6.61. The van der Waals surface area contributed by atoms with Crippen molar-refractivity contribution in [3.8, 4) is 0 Å². The monoisotopic (exact) mass is 267 g/mol. The molecule has 1 aromatic rings. The van der Waals surface area contributed by atoms with Gasteiger partial charge in [0, 0.05) is 16.3 Å². The fourth-order valence-electron chi connectivity index (χ4n) is 1.64. The summed E-state index contributed by atoms with van der Waals surface area (Å²) < 4.78 is 5.60. The molecule has 1 aromatic heterocycles. The molecule has 18 heavy (non-hydrogen) atoms. The maximum atomic E-state index is 5.60. The molecular formula is C15H25NOS. The number of aryl methyl sites for hydroxylation is 1. The Morgan fingerprint density at radius 3 is 2.89 bits per heavy atom. The van der Waals surface area contributed by atoms with Crippen molar-refractivity contribution >= 4 is 11.3 Å². The Labute approximate surface area is 115 Å². The molecule has 0 amide bonds. The smallest absolute Gasteiger partial charge is 0.0731 e. The molecule has 1 heterocycles. The third-order valence-electron chi connectivity index (χ3n) is 2.63. The van der Waals surface area contributed by atoms with Gasteiger partial charge in [0.15, 0.2) is 0 Å². The Morgan fingerprint density at radius 1 is 1.44 bits per heavy atom. The quantitative estimate of drug-likeness (QED) is 0.570. The predicted octanol–water partition coefficient (Wildman–Crippen LogP) is 3.89. The number of thiophene rings is 1. The summed E-state index contributed by atoms with van der Waals surface area (Å²) in [5.41, 5.74) is 1.32. The lowest BCUT2D eigenvalue weighted by molar-refractivity contribution is 0.148. The number of hydrogen-bond donors (Lipinski definition) is 1. The zero-order chi connectivity index (χ0) is 13.4. The van der Waals surface area contributed by atoms with Crippen LogP contribution in [0.25, 0.3) is 0 Å². The Balaban J connectivity index is 2.38. The van der Waals surface area contributed by atoms with E-state index in [0.29, 0.717) is 12.5 Å². The Morgan fingerprint density at radius 2 is 2.22 bits per heavy atom. The van der Waals surface area contributed by atoms with Crippen molar-refractivity contribution in [2.24, 2.45) is 5.92 Å². The molecule has 2 nitrogen and oxygen atoms in total. The number of hydrogen-bond acceptors (Lipinski definition) is 3. The van der Waals surface area contributed by atoms with Gasteiger partial charge in [-0.2, -0.15) is 0 Å². The molecule has 0 aliphatic carbocycles. The summed E-state index contributed by atoms with van der Waals surface area (Å²) in [6, 6.07) is 2.27. The first-order chi connectivity index (χ1) is 8.63. The van der Waals surface area contributed by atoms with Crippen LogP contribution in [0, 0.1) is 12.8 Å². The van der Waals surface area contributed by atoms with E-state index in [4.69, 9.17) is 4.74 Å². The molecule has 1 rings (SSSR count). The van der Waals surface area contributed by atoms with E-state index in [1.54, 1.807) is 0 Å². The van der Waals surface area contributed by atoms with E-state index in [1.165, 1.54) is 15.3 Å². The molecule has 0 fully saturated rings. The normalized spacial score (nSPS) is 11.8. The van der Waals surface area contributed by atoms with Gasteiger partial charge in [-0.05, 0) is 37.9 Å². The van der Waals surface area contributed by atoms with Crippen LogP contribution < -0.4 is 5.32 Å². The highest BCUT2D eigenvalue weighted by Crippen LogP contribution is 2.22. The van der Waals surface area contributed by atoms with Crippen LogP contribution in [0.3, 0.4) is 0 Å². The molecule has 0 spiro atoms. The van der Waals surface area contributed by atoms with Crippen molar-refractivity contribution in [1.29, 1.82) is 0 Å². The van der Waals surface area contributed by atoms with E-state index in [1.807, 2.05) is 30.4 Å². The topological polar surface area (TPSA) is 21.3 Å². The Kier molecular flexibility index (Phi) is 7.25. The summed E-state index contributed by atoms with van der Waals surface area (Å²) in [7, 11) is 0. The van der Waals surface area contributed by atoms with Gasteiger partial charge < -0.3 is 10.1 Å². The lowest BCUT2D eigenvalue weighted by Gasteiger charge is -2.05. The van der Waals surface area contributed by atoms with Gasteiger partial charge in [-0.3, -0.25) is 0 Å². The maximum absolute atomic E-state index is 5.60. The first kappa shape index (κ1) is 15.4. The van der Waals surface area contributed by atoms with Crippen LogP contribution in [-0.2, 0) is 17.9 Å². The highest BCUT2D eigenvalue weighted by Gasteiger charge is 2.05. The molecule has 0 atom stereocenters. The zero-order valence-corrected chi connectivity index (χ0v) is 12.8. The lowest BCUT2D eigenvalue weighted by Crippen LogP contribution is -2.18. The molecule has 3 heteroatoms. The minimum atomic E-state index is 0.701. The molecule has 0 saturated carbocycles. The van der Waals surface area contributed by atoms with Crippen LogP contribution in [0.4, 0.5) is 0 Å². The van der Waals surface area contributed by atoms with Crippen LogP contribution in [0.15, 0.2) is 18.2 Å². The van der Waals surface area contributed by atoms with Crippen molar-refractivity contribution in [2.75, 3.05) is 13.2 Å². The summed E-state index contributed by atoms with van der Waals surface area (Å²) >= 11 is 1.87. The summed E-state index contributed by atoms with van der Waals surface area (Å²) in [5, 5.41) is 3.48. The van der Waals surface area contributed by atoms with E-state index in [9.17, 15) is 0 Å². The van der Waals surface area contributed by atoms with E-state index in [-0.39, 0.29) is 0 Å². The molecular weight excluding hydrogens is 242 g/mol. The van der Waals surface area contributed by atoms with Gasteiger partial charge in [0.1, 0.15) is 0 Å². The van der Waals surface area contributed by atoms with Crippen molar-refractivity contribution < 1.29 is 4.74 Å². The first-order valence-corrected chi connectivity index (χ1v) is 7.43. The van der Waals surface area contributed by atoms with Crippen LogP contribution in [0.1, 0.15) is 36.1 Å². The van der Waals surface area contributed by atoms with Gasteiger partial charge in [-0.25, -0.2) is 0 Å². The van der Waals surface area contributed by atoms with Crippen LogP contribution in [0.5, 0.6) is 0 Å². The fraction of sp³-hybridized carbons (Fsp3) is 0.600. The van der Waals surface area contributed by atoms with Gasteiger partial charge in [-0.1, -0.05) is 26.0 Å². The van der Waals surface area contributed by atoms with Gasteiger partial charge in [0.05, 0.1) is 13.2 Å². The van der Waals surface area contributed by atoms with E-state index >= 15 is 0 Å². The van der Waals surface area contributed by atoms with Crippen molar-refractivity contribution in [2.45, 2.75) is 40.8 Å². The minimum absolute atomic E-state index is 0.701. The number of allylic oxidation sites excluding steroid dienone is 1. The highest BCUT2D eigenvalue weighted by molar-refractivity contribution is 7.12. The summed E-state index contributed by atoms with van der Waals surface area (Å²) in [6.07, 6.45) is 4.05. The maximum Gasteiger partial charge on any atom is 0.0731 e. The van der Waals surface area contributed by atoms with Crippen LogP contribution in [-0.4, -0.2) is 13.2 Å². The predicted molar refractivity (Wildman–Crippen MR) is 80.1 cm³/mol. The molecule has 0 aromatic carbocycles. The van der Waals surface area contributed by atoms with E-state index < -0.39 is 0 Å². The summed E-state index contributed by atoms with van der Waals surface area (Å²) in [5.74, 6) is 0.703. The number of ether oxygens (including phenoxy) is 1. The standard InChI is InChI=1S/C15H25NOS/c1-5-6-7-17-11-14-8-15(18-13(14)4)10-16-9-12(2)3/h5-6,8,12,16H,7,9-11H2,1-4H3/b6-5+.